The molecule has 0 saturated carbocycles. The summed E-state index contributed by atoms with van der Waals surface area (Å²) in [6.45, 7) is 4.46. The molecule has 1 saturated heterocycles. The molecule has 5 nitrogen and oxygen atoms in total. The van der Waals surface area contributed by atoms with Crippen molar-refractivity contribution in [3.8, 4) is 5.75 Å². The van der Waals surface area contributed by atoms with Gasteiger partial charge in [0.25, 0.3) is 5.91 Å². The first-order valence-corrected chi connectivity index (χ1v) is 6.33. The molecule has 1 heterocycles. The third kappa shape index (κ3) is 3.05. The maximum absolute atomic E-state index is 12.3. The molecule has 2 N–H and O–H groups in total. The highest BCUT2D eigenvalue weighted by molar-refractivity contribution is 5.96. The van der Waals surface area contributed by atoms with Crippen LogP contribution in [0.4, 0.5) is 0 Å². The second kappa shape index (κ2) is 5.30. The number of nitrogens with one attached hydrogen (secondary N) is 1. The van der Waals surface area contributed by atoms with Gasteiger partial charge in [0.2, 0.25) is 5.91 Å². The lowest BCUT2D eigenvalue weighted by molar-refractivity contribution is -0.119. The van der Waals surface area contributed by atoms with E-state index in [0.29, 0.717) is 18.7 Å². The molecular weight excluding hydrogens is 244 g/mol. The first kappa shape index (κ1) is 13.4. The van der Waals surface area contributed by atoms with E-state index in [9.17, 15) is 14.7 Å². The molecule has 0 radical (unpaired) electrons. The number of carbonyl (C=O) groups is 2. The molecule has 102 valence electrons. The van der Waals surface area contributed by atoms with Crippen LogP contribution < -0.4 is 5.32 Å². The number of aryl methyl sites for hydroxylation is 1. The van der Waals surface area contributed by atoms with Gasteiger partial charge in [-0.25, -0.2) is 0 Å². The van der Waals surface area contributed by atoms with E-state index in [-0.39, 0.29) is 23.6 Å². The fraction of sp³-hybridized carbons (Fsp3) is 0.429. The molecule has 2 rings (SSSR count). The van der Waals surface area contributed by atoms with E-state index in [2.05, 4.69) is 5.32 Å². The lowest BCUT2D eigenvalue weighted by Gasteiger charge is -2.18. The number of phenolic OH excluding ortho intramolecular Hbond substituents is 1. The van der Waals surface area contributed by atoms with Crippen molar-refractivity contribution in [2.75, 3.05) is 13.1 Å². The summed E-state index contributed by atoms with van der Waals surface area (Å²) in [5.41, 5.74) is 1.36. The maximum atomic E-state index is 12.3. The minimum Gasteiger partial charge on any atom is -0.508 e. The van der Waals surface area contributed by atoms with Crippen molar-refractivity contribution in [1.29, 1.82) is 0 Å². The minimum atomic E-state index is -0.0693. The summed E-state index contributed by atoms with van der Waals surface area (Å²) in [6, 6.07) is 4.77. The normalized spacial score (nSPS) is 18.4. The fourth-order valence-electron chi connectivity index (χ4n) is 2.41. The van der Waals surface area contributed by atoms with Crippen LogP contribution in [0.25, 0.3) is 0 Å². The monoisotopic (exact) mass is 262 g/mol. The molecule has 1 aliphatic rings. The molecule has 1 aliphatic heterocycles. The van der Waals surface area contributed by atoms with Gasteiger partial charge < -0.3 is 15.3 Å². The number of hydrogen-bond acceptors (Lipinski definition) is 3. The van der Waals surface area contributed by atoms with Crippen LogP contribution >= 0.6 is 0 Å². The predicted molar refractivity (Wildman–Crippen MR) is 71.0 cm³/mol. The molecule has 5 heteroatoms. The summed E-state index contributed by atoms with van der Waals surface area (Å²) in [5.74, 6) is 0.0389. The third-order valence-electron chi connectivity index (χ3n) is 3.32. The Labute approximate surface area is 112 Å². The van der Waals surface area contributed by atoms with Crippen LogP contribution in [0.5, 0.6) is 5.75 Å². The molecule has 0 bridgehead atoms. The van der Waals surface area contributed by atoms with E-state index in [1.54, 1.807) is 24.0 Å². The van der Waals surface area contributed by atoms with Gasteiger partial charge >= 0.3 is 0 Å². The molecule has 1 aromatic carbocycles. The zero-order chi connectivity index (χ0) is 14.0. The Hall–Kier alpha value is -2.04. The SMILES string of the molecule is CC(=O)NC1CCN(C(=O)c2ccc(O)cc2C)C1. The van der Waals surface area contributed by atoms with Gasteiger partial charge in [-0.3, -0.25) is 9.59 Å². The summed E-state index contributed by atoms with van der Waals surface area (Å²) in [5, 5.41) is 12.2. The molecule has 2 amide bonds. The summed E-state index contributed by atoms with van der Waals surface area (Å²) in [7, 11) is 0. The Kier molecular flexibility index (Phi) is 3.74. The summed E-state index contributed by atoms with van der Waals surface area (Å²) < 4.78 is 0. The molecule has 0 aromatic heterocycles. The Balaban J connectivity index is 2.07. The van der Waals surface area contributed by atoms with E-state index >= 15 is 0 Å². The highest BCUT2D eigenvalue weighted by Gasteiger charge is 2.27. The molecule has 19 heavy (non-hydrogen) atoms. The van der Waals surface area contributed by atoms with Gasteiger partial charge in [-0.05, 0) is 37.1 Å². The lowest BCUT2D eigenvalue weighted by atomic mass is 10.1. The smallest absolute Gasteiger partial charge is 0.254 e. The number of aromatic hydroxyl groups is 1. The van der Waals surface area contributed by atoms with E-state index < -0.39 is 0 Å². The van der Waals surface area contributed by atoms with Crippen LogP contribution in [-0.2, 0) is 4.79 Å². The summed E-state index contributed by atoms with van der Waals surface area (Å²) in [4.78, 5) is 25.1. The lowest BCUT2D eigenvalue weighted by Crippen LogP contribution is -2.37. The second-order valence-electron chi connectivity index (χ2n) is 4.94. The second-order valence-corrected chi connectivity index (χ2v) is 4.94. The first-order valence-electron chi connectivity index (χ1n) is 6.33. The number of hydrogen-bond donors (Lipinski definition) is 2. The van der Waals surface area contributed by atoms with Crippen LogP contribution in [-0.4, -0.2) is 41.0 Å². The third-order valence-corrected chi connectivity index (χ3v) is 3.32. The van der Waals surface area contributed by atoms with Gasteiger partial charge in [0, 0.05) is 31.6 Å². The largest absolute Gasteiger partial charge is 0.508 e. The Bertz CT molecular complexity index is 513. The number of phenols is 1. The number of likely N-dealkylation sites (tertiary alicyclic amines) is 1. The number of amides is 2. The zero-order valence-electron chi connectivity index (χ0n) is 11.1. The van der Waals surface area contributed by atoms with E-state index in [0.717, 1.165) is 12.0 Å². The van der Waals surface area contributed by atoms with Gasteiger partial charge in [0.15, 0.2) is 0 Å². The minimum absolute atomic E-state index is 0.0406. The molecule has 0 spiro atoms. The summed E-state index contributed by atoms with van der Waals surface area (Å²) in [6.07, 6.45) is 0.780. The van der Waals surface area contributed by atoms with Gasteiger partial charge in [0.05, 0.1) is 0 Å². The summed E-state index contributed by atoms with van der Waals surface area (Å²) >= 11 is 0. The number of rotatable bonds is 2. The average Bonchev–Trinajstić information content (AvgIpc) is 2.75. The first-order chi connectivity index (χ1) is 8.97. The van der Waals surface area contributed by atoms with Crippen LogP contribution in [0.2, 0.25) is 0 Å². The number of benzene rings is 1. The van der Waals surface area contributed by atoms with Crippen molar-refractivity contribution in [2.45, 2.75) is 26.3 Å². The van der Waals surface area contributed by atoms with Crippen molar-refractivity contribution < 1.29 is 14.7 Å². The Morgan fingerprint density at radius 1 is 1.42 bits per heavy atom. The Morgan fingerprint density at radius 3 is 2.79 bits per heavy atom. The van der Waals surface area contributed by atoms with Gasteiger partial charge in [-0.1, -0.05) is 0 Å². The van der Waals surface area contributed by atoms with Crippen molar-refractivity contribution in [1.82, 2.24) is 10.2 Å². The molecule has 1 fully saturated rings. The highest BCUT2D eigenvalue weighted by Crippen LogP contribution is 2.19. The molecule has 1 unspecified atom stereocenters. The highest BCUT2D eigenvalue weighted by atomic mass is 16.3. The van der Waals surface area contributed by atoms with Crippen molar-refractivity contribution in [3.05, 3.63) is 29.3 Å². The zero-order valence-corrected chi connectivity index (χ0v) is 11.1. The molecule has 1 atom stereocenters. The standard InChI is InChI=1S/C14H18N2O3/c1-9-7-12(18)3-4-13(9)14(19)16-6-5-11(8-16)15-10(2)17/h3-4,7,11,18H,5-6,8H2,1-2H3,(H,15,17). The van der Waals surface area contributed by atoms with E-state index in [1.165, 1.54) is 13.0 Å². The fourth-order valence-corrected chi connectivity index (χ4v) is 2.41. The number of nitrogens with zero attached hydrogens (tertiary/aromatic N) is 1. The van der Waals surface area contributed by atoms with Crippen LogP contribution in [0.15, 0.2) is 18.2 Å². The van der Waals surface area contributed by atoms with Crippen LogP contribution in [0.1, 0.15) is 29.3 Å². The quantitative estimate of drug-likeness (QED) is 0.837. The van der Waals surface area contributed by atoms with Gasteiger partial charge in [-0.15, -0.1) is 0 Å². The average molecular weight is 262 g/mol. The van der Waals surface area contributed by atoms with Crippen molar-refractivity contribution in [2.24, 2.45) is 0 Å². The predicted octanol–water partition coefficient (Wildman–Crippen LogP) is 1.05. The Morgan fingerprint density at radius 2 is 2.16 bits per heavy atom. The van der Waals surface area contributed by atoms with Crippen molar-refractivity contribution >= 4 is 11.8 Å². The topological polar surface area (TPSA) is 69.6 Å². The molecule has 1 aromatic rings. The molecular formula is C14H18N2O3. The van der Waals surface area contributed by atoms with E-state index in [4.69, 9.17) is 0 Å². The van der Waals surface area contributed by atoms with Gasteiger partial charge in [0.1, 0.15) is 5.75 Å². The van der Waals surface area contributed by atoms with Crippen LogP contribution in [0.3, 0.4) is 0 Å². The van der Waals surface area contributed by atoms with E-state index in [1.807, 2.05) is 0 Å². The van der Waals surface area contributed by atoms with Gasteiger partial charge in [-0.2, -0.15) is 0 Å². The maximum Gasteiger partial charge on any atom is 0.254 e. The molecule has 0 aliphatic carbocycles. The van der Waals surface area contributed by atoms with Crippen molar-refractivity contribution in [3.63, 3.8) is 0 Å². The number of carbonyl (C=O) groups excluding carboxylic acids is 2. The van der Waals surface area contributed by atoms with Crippen LogP contribution in [0, 0.1) is 6.92 Å².